The Bertz CT molecular complexity index is 456. The molecule has 154 valence electrons. The maximum atomic E-state index is 12.1. The van der Waals surface area contributed by atoms with Gasteiger partial charge in [0, 0.05) is 12.7 Å². The summed E-state index contributed by atoms with van der Waals surface area (Å²) in [7, 11) is -4.82. The van der Waals surface area contributed by atoms with Crippen LogP contribution in [0.2, 0.25) is 39.3 Å². The van der Waals surface area contributed by atoms with Crippen LogP contribution in [-0.2, 0) is 22.5 Å². The van der Waals surface area contributed by atoms with Gasteiger partial charge in [0.25, 0.3) is 0 Å². The smallest absolute Gasteiger partial charge is 0.338 e. The van der Waals surface area contributed by atoms with Gasteiger partial charge in [0.05, 0.1) is 6.61 Å². The Balaban J connectivity index is 6.11. The van der Waals surface area contributed by atoms with E-state index in [1.54, 1.807) is 14.0 Å². The first kappa shape index (κ1) is 25.7. The molecule has 0 aliphatic heterocycles. The van der Waals surface area contributed by atoms with Crippen molar-refractivity contribution in [1.29, 1.82) is 0 Å². The number of aliphatic hydroxyl groups is 1. The quantitative estimate of drug-likeness (QED) is 0.296. The van der Waals surface area contributed by atoms with Crippen LogP contribution in [0.1, 0.15) is 26.7 Å². The molecular weight excluding hydrogens is 384 g/mol. The lowest BCUT2D eigenvalue weighted by Crippen LogP contribution is -2.65. The molecule has 9 heteroatoms. The van der Waals surface area contributed by atoms with Crippen LogP contribution in [0.5, 0.6) is 0 Å². The van der Waals surface area contributed by atoms with Crippen molar-refractivity contribution in [2.24, 2.45) is 0 Å². The molecule has 0 amide bonds. The molecule has 26 heavy (non-hydrogen) atoms. The minimum Gasteiger partial charge on any atom is -0.454 e. The zero-order valence-corrected chi connectivity index (χ0v) is 21.1. The fourth-order valence-electron chi connectivity index (χ4n) is 2.54. The molecule has 0 radical (unpaired) electrons. The number of hydrogen-bond donors (Lipinski definition) is 1. The topological polar surface area (TPSA) is 74.2 Å². The Morgan fingerprint density at radius 3 is 1.88 bits per heavy atom. The molecule has 0 heterocycles. The van der Waals surface area contributed by atoms with Gasteiger partial charge < -0.3 is 22.8 Å². The van der Waals surface area contributed by atoms with Crippen molar-refractivity contribution in [3.05, 3.63) is 12.2 Å². The van der Waals surface area contributed by atoms with Crippen molar-refractivity contribution in [3.8, 4) is 0 Å². The van der Waals surface area contributed by atoms with E-state index in [0.29, 0.717) is 6.42 Å². The lowest BCUT2D eigenvalue weighted by Gasteiger charge is -2.45. The Labute approximate surface area is 163 Å². The molecular formula is C17H38O6Si3. The summed E-state index contributed by atoms with van der Waals surface area (Å²) < 4.78 is 24.5. The third-order valence-electron chi connectivity index (χ3n) is 3.65. The molecule has 0 bridgehead atoms. The second-order valence-electron chi connectivity index (χ2n) is 8.56. The molecule has 1 N–H and O–H groups in total. The first-order valence-electron chi connectivity index (χ1n) is 9.10. The van der Waals surface area contributed by atoms with E-state index in [-0.39, 0.29) is 12.2 Å². The third kappa shape index (κ3) is 8.15. The lowest BCUT2D eigenvalue weighted by atomic mass is 10.1. The Morgan fingerprint density at radius 1 is 1.15 bits per heavy atom. The SMILES string of the molecule is C=C(C)C(=O)OC(CO)C(CCC)(OC)[SiH](O[Si](C)(C)C)O[Si](C)(C)C. The molecule has 0 aromatic carbocycles. The molecule has 2 atom stereocenters. The third-order valence-corrected chi connectivity index (χ3v) is 12.7. The molecule has 0 aliphatic rings. The zero-order valence-electron chi connectivity index (χ0n) is 18.0. The number of aliphatic hydroxyl groups excluding tert-OH is 1. The summed E-state index contributed by atoms with van der Waals surface area (Å²) in [6.07, 6.45) is 0.494. The maximum Gasteiger partial charge on any atom is 0.338 e. The summed E-state index contributed by atoms with van der Waals surface area (Å²) >= 11 is 0. The van der Waals surface area contributed by atoms with Gasteiger partial charge in [0.15, 0.2) is 22.7 Å². The van der Waals surface area contributed by atoms with Crippen LogP contribution >= 0.6 is 0 Å². The monoisotopic (exact) mass is 422 g/mol. The predicted octanol–water partition coefficient (Wildman–Crippen LogP) is 3.11. The largest absolute Gasteiger partial charge is 0.454 e. The van der Waals surface area contributed by atoms with Crippen LogP contribution in [0.3, 0.4) is 0 Å². The van der Waals surface area contributed by atoms with Gasteiger partial charge in [-0.3, -0.25) is 0 Å². The van der Waals surface area contributed by atoms with E-state index in [2.05, 4.69) is 45.9 Å². The van der Waals surface area contributed by atoms with Crippen molar-refractivity contribution in [3.63, 3.8) is 0 Å². The maximum absolute atomic E-state index is 12.1. The second-order valence-corrected chi connectivity index (χ2v) is 20.5. The van der Waals surface area contributed by atoms with Gasteiger partial charge in [0.2, 0.25) is 0 Å². The summed E-state index contributed by atoms with van der Waals surface area (Å²) in [6.45, 7) is 19.5. The highest BCUT2D eigenvalue weighted by atomic mass is 28.4. The molecule has 2 unspecified atom stereocenters. The van der Waals surface area contributed by atoms with Crippen LogP contribution in [0, 0.1) is 0 Å². The molecule has 0 aromatic heterocycles. The Kier molecular flexibility index (Phi) is 10.2. The van der Waals surface area contributed by atoms with Crippen molar-refractivity contribution >= 4 is 31.9 Å². The molecule has 0 saturated heterocycles. The highest BCUT2D eigenvalue weighted by Gasteiger charge is 2.53. The van der Waals surface area contributed by atoms with E-state index in [1.165, 1.54) is 0 Å². The number of hydrogen-bond acceptors (Lipinski definition) is 6. The molecule has 0 aromatic rings. The molecule has 0 spiro atoms. The van der Waals surface area contributed by atoms with E-state index >= 15 is 0 Å². The molecule has 0 fully saturated rings. The summed E-state index contributed by atoms with van der Waals surface area (Å²) in [4.78, 5) is 12.1. The standard InChI is InChI=1S/C17H38O6Si3/c1-11-12-17(20-4,15(13-18)21-16(19)14(2)3)24(22-25(5,6)7)23-26(8,9)10/h15,18,24H,2,11-13H2,1,3-10H3. The Morgan fingerprint density at radius 2 is 1.62 bits per heavy atom. The second kappa shape index (κ2) is 10.3. The van der Waals surface area contributed by atoms with E-state index in [1.807, 2.05) is 6.92 Å². The average molecular weight is 423 g/mol. The first-order chi connectivity index (χ1) is 11.7. The van der Waals surface area contributed by atoms with E-state index in [4.69, 9.17) is 17.7 Å². The highest BCUT2D eigenvalue weighted by Crippen LogP contribution is 2.32. The number of rotatable bonds is 12. The normalized spacial score (nSPS) is 16.3. The van der Waals surface area contributed by atoms with E-state index in [0.717, 1.165) is 6.42 Å². The molecule has 0 saturated carbocycles. The molecule has 6 nitrogen and oxygen atoms in total. The number of methoxy groups -OCH3 is 1. The lowest BCUT2D eigenvalue weighted by molar-refractivity contribution is -0.162. The minimum absolute atomic E-state index is 0.278. The van der Waals surface area contributed by atoms with Gasteiger partial charge in [-0.25, -0.2) is 4.79 Å². The van der Waals surface area contributed by atoms with Crippen molar-refractivity contribution in [1.82, 2.24) is 0 Å². The summed E-state index contributed by atoms with van der Waals surface area (Å²) in [5, 5.41) is 9.08. The summed E-state index contributed by atoms with van der Waals surface area (Å²) in [5.74, 6) is -0.546. The van der Waals surface area contributed by atoms with Gasteiger partial charge in [0.1, 0.15) is 5.22 Å². The zero-order chi connectivity index (χ0) is 20.8. The van der Waals surface area contributed by atoms with Crippen LogP contribution in [0.15, 0.2) is 12.2 Å². The van der Waals surface area contributed by atoms with Gasteiger partial charge in [-0.1, -0.05) is 19.9 Å². The Hall–Kier alpha value is -0.299. The summed E-state index contributed by atoms with van der Waals surface area (Å²) in [6, 6.07) is 0. The number of esters is 1. The minimum atomic E-state index is -2.48. The summed E-state index contributed by atoms with van der Waals surface area (Å²) in [5.41, 5.74) is 0.278. The van der Waals surface area contributed by atoms with Crippen molar-refractivity contribution in [2.45, 2.75) is 77.3 Å². The van der Waals surface area contributed by atoms with Gasteiger partial charge in [-0.15, -0.1) is 0 Å². The number of ether oxygens (including phenoxy) is 2. The van der Waals surface area contributed by atoms with Crippen molar-refractivity contribution < 1.29 is 27.6 Å². The fraction of sp³-hybridized carbons (Fsp3) is 0.824. The van der Waals surface area contributed by atoms with E-state index < -0.39 is 43.2 Å². The fourth-order valence-corrected chi connectivity index (χ4v) is 11.1. The van der Waals surface area contributed by atoms with Crippen LogP contribution in [0.25, 0.3) is 0 Å². The van der Waals surface area contributed by atoms with Gasteiger partial charge in [-0.05, 0) is 52.6 Å². The van der Waals surface area contributed by atoms with Crippen LogP contribution < -0.4 is 0 Å². The average Bonchev–Trinajstić information content (AvgIpc) is 2.46. The molecule has 0 rings (SSSR count). The number of carbonyl (C=O) groups excluding carboxylic acids is 1. The van der Waals surface area contributed by atoms with Crippen LogP contribution in [-0.4, -0.2) is 62.0 Å². The van der Waals surface area contributed by atoms with Crippen LogP contribution in [0.4, 0.5) is 0 Å². The van der Waals surface area contributed by atoms with E-state index in [9.17, 15) is 9.90 Å². The molecule has 0 aliphatic carbocycles. The van der Waals surface area contributed by atoms with Gasteiger partial charge >= 0.3 is 15.3 Å². The highest BCUT2D eigenvalue weighted by molar-refractivity contribution is 6.81. The number of carbonyl (C=O) groups is 1. The predicted molar refractivity (Wildman–Crippen MR) is 112 cm³/mol. The first-order valence-corrected chi connectivity index (χ1v) is 17.4. The van der Waals surface area contributed by atoms with Gasteiger partial charge in [-0.2, -0.15) is 0 Å². The van der Waals surface area contributed by atoms with Crippen molar-refractivity contribution in [2.75, 3.05) is 13.7 Å².